The summed E-state index contributed by atoms with van der Waals surface area (Å²) in [6, 6.07) is 8.02. The minimum absolute atomic E-state index is 0.428. The molecule has 0 radical (unpaired) electrons. The van der Waals surface area contributed by atoms with Crippen molar-refractivity contribution < 1.29 is 9.84 Å². The van der Waals surface area contributed by atoms with Gasteiger partial charge < -0.3 is 15.2 Å². The summed E-state index contributed by atoms with van der Waals surface area (Å²) in [7, 11) is 1.66. The van der Waals surface area contributed by atoms with E-state index in [1.165, 1.54) is 5.56 Å². The van der Waals surface area contributed by atoms with Gasteiger partial charge in [-0.05, 0) is 44.0 Å². The number of ether oxygens (including phenoxy) is 1. The lowest BCUT2D eigenvalue weighted by atomic mass is 10.0. The van der Waals surface area contributed by atoms with Gasteiger partial charge in [-0.3, -0.25) is 0 Å². The normalized spacial score (nSPS) is 12.0. The fraction of sp³-hybridized carbons (Fsp3) is 0.412. The van der Waals surface area contributed by atoms with Crippen LogP contribution in [0.15, 0.2) is 24.3 Å². The number of benzene rings is 1. The van der Waals surface area contributed by atoms with E-state index in [0.717, 1.165) is 29.1 Å². The van der Waals surface area contributed by atoms with Gasteiger partial charge in [-0.25, -0.2) is 9.97 Å². The molecule has 5 heteroatoms. The van der Waals surface area contributed by atoms with Crippen molar-refractivity contribution in [3.8, 4) is 5.75 Å². The summed E-state index contributed by atoms with van der Waals surface area (Å²) < 4.78 is 5.18. The average molecular weight is 301 g/mol. The van der Waals surface area contributed by atoms with Crippen molar-refractivity contribution in [2.75, 3.05) is 19.0 Å². The number of hydrogen-bond donors (Lipinski definition) is 2. The molecule has 0 bridgehead atoms. The van der Waals surface area contributed by atoms with Crippen LogP contribution in [0, 0.1) is 13.8 Å². The summed E-state index contributed by atoms with van der Waals surface area (Å²) in [5, 5.41) is 12.4. The van der Waals surface area contributed by atoms with Crippen LogP contribution >= 0.6 is 0 Å². The third-order valence-corrected chi connectivity index (χ3v) is 3.52. The minimum atomic E-state index is -0.428. The molecule has 2 N–H and O–H groups in total. The first kappa shape index (κ1) is 16.2. The van der Waals surface area contributed by atoms with Crippen LogP contribution in [0.1, 0.15) is 29.4 Å². The van der Waals surface area contributed by atoms with Crippen LogP contribution in [-0.2, 0) is 6.42 Å². The first-order valence-corrected chi connectivity index (χ1v) is 7.38. The van der Waals surface area contributed by atoms with Gasteiger partial charge in [-0.1, -0.05) is 12.1 Å². The molecule has 1 aromatic carbocycles. The molecule has 0 aliphatic carbocycles. The van der Waals surface area contributed by atoms with Crippen molar-refractivity contribution in [1.29, 1.82) is 0 Å². The molecule has 118 valence electrons. The Morgan fingerprint density at radius 1 is 1.14 bits per heavy atom. The molecule has 2 rings (SSSR count). The number of aliphatic hydroxyl groups excluding tert-OH is 1. The molecule has 5 nitrogen and oxygen atoms in total. The van der Waals surface area contributed by atoms with Crippen molar-refractivity contribution in [1.82, 2.24) is 9.97 Å². The fourth-order valence-corrected chi connectivity index (χ4v) is 2.26. The lowest BCUT2D eigenvalue weighted by Crippen LogP contribution is -2.18. The molecule has 1 unspecified atom stereocenters. The SMILES string of the molecule is COc1ccc(Cc2c(C)nc(NCC(C)O)nc2C)cc1. The zero-order valence-electron chi connectivity index (χ0n) is 13.6. The zero-order chi connectivity index (χ0) is 16.1. The lowest BCUT2D eigenvalue weighted by molar-refractivity contribution is 0.208. The number of aliphatic hydroxyl groups is 1. The van der Waals surface area contributed by atoms with Crippen LogP contribution in [0.2, 0.25) is 0 Å². The predicted octanol–water partition coefficient (Wildman–Crippen LogP) is 2.49. The van der Waals surface area contributed by atoms with E-state index in [2.05, 4.69) is 27.4 Å². The highest BCUT2D eigenvalue weighted by Gasteiger charge is 2.10. The first-order chi connectivity index (χ1) is 10.5. The lowest BCUT2D eigenvalue weighted by Gasteiger charge is -2.13. The standard InChI is InChI=1S/C17H23N3O2/c1-11(21)10-18-17-19-12(2)16(13(3)20-17)9-14-5-7-15(22-4)8-6-14/h5-8,11,21H,9-10H2,1-4H3,(H,18,19,20). The molecule has 1 atom stereocenters. The van der Waals surface area contributed by atoms with Crippen LogP contribution in [0.3, 0.4) is 0 Å². The van der Waals surface area contributed by atoms with Crippen LogP contribution in [0.5, 0.6) is 5.75 Å². The molecule has 0 aliphatic rings. The Kier molecular flexibility index (Phi) is 5.33. The number of hydrogen-bond acceptors (Lipinski definition) is 5. The van der Waals surface area contributed by atoms with Crippen molar-refractivity contribution in [2.24, 2.45) is 0 Å². The smallest absolute Gasteiger partial charge is 0.223 e. The highest BCUT2D eigenvalue weighted by atomic mass is 16.5. The van der Waals surface area contributed by atoms with Crippen LogP contribution in [0.4, 0.5) is 5.95 Å². The average Bonchev–Trinajstić information content (AvgIpc) is 2.49. The second-order valence-corrected chi connectivity index (χ2v) is 5.45. The van der Waals surface area contributed by atoms with Crippen LogP contribution in [0.25, 0.3) is 0 Å². The molecule has 0 fully saturated rings. The Labute approximate surface area is 131 Å². The van der Waals surface area contributed by atoms with Gasteiger partial charge in [0.25, 0.3) is 0 Å². The van der Waals surface area contributed by atoms with E-state index in [-0.39, 0.29) is 0 Å². The van der Waals surface area contributed by atoms with E-state index in [0.29, 0.717) is 12.5 Å². The molecular formula is C17H23N3O2. The number of nitrogens with zero attached hydrogens (tertiary/aromatic N) is 2. The molecular weight excluding hydrogens is 278 g/mol. The van der Waals surface area contributed by atoms with Gasteiger partial charge in [0.15, 0.2) is 0 Å². The van der Waals surface area contributed by atoms with Crippen molar-refractivity contribution in [3.05, 3.63) is 46.8 Å². The van der Waals surface area contributed by atoms with Gasteiger partial charge in [-0.15, -0.1) is 0 Å². The summed E-state index contributed by atoms with van der Waals surface area (Å²) in [5.41, 5.74) is 4.24. The van der Waals surface area contributed by atoms with E-state index in [1.807, 2.05) is 26.0 Å². The third kappa shape index (κ3) is 4.18. The second kappa shape index (κ2) is 7.22. The van der Waals surface area contributed by atoms with Crippen molar-refractivity contribution in [3.63, 3.8) is 0 Å². The van der Waals surface area contributed by atoms with E-state index in [1.54, 1.807) is 14.0 Å². The zero-order valence-corrected chi connectivity index (χ0v) is 13.6. The quantitative estimate of drug-likeness (QED) is 0.858. The molecule has 0 saturated heterocycles. The largest absolute Gasteiger partial charge is 0.497 e. The van der Waals surface area contributed by atoms with Gasteiger partial charge >= 0.3 is 0 Å². The summed E-state index contributed by atoms with van der Waals surface area (Å²) in [5.74, 6) is 1.42. The summed E-state index contributed by atoms with van der Waals surface area (Å²) >= 11 is 0. The Bertz CT molecular complexity index is 601. The number of methoxy groups -OCH3 is 1. The monoisotopic (exact) mass is 301 g/mol. The van der Waals surface area contributed by atoms with Gasteiger partial charge in [0, 0.05) is 24.4 Å². The Morgan fingerprint density at radius 2 is 1.73 bits per heavy atom. The summed E-state index contributed by atoms with van der Waals surface area (Å²) in [6.07, 6.45) is 0.362. The number of nitrogens with one attached hydrogen (secondary N) is 1. The van der Waals surface area contributed by atoms with Crippen molar-refractivity contribution in [2.45, 2.75) is 33.3 Å². The maximum Gasteiger partial charge on any atom is 0.223 e. The van der Waals surface area contributed by atoms with Gasteiger partial charge in [-0.2, -0.15) is 0 Å². The van der Waals surface area contributed by atoms with Gasteiger partial charge in [0.2, 0.25) is 5.95 Å². The summed E-state index contributed by atoms with van der Waals surface area (Å²) in [4.78, 5) is 8.96. The first-order valence-electron chi connectivity index (χ1n) is 7.38. The van der Waals surface area contributed by atoms with E-state index < -0.39 is 6.10 Å². The Hall–Kier alpha value is -2.14. The highest BCUT2D eigenvalue weighted by Crippen LogP contribution is 2.19. The van der Waals surface area contributed by atoms with Gasteiger partial charge in [0.1, 0.15) is 5.75 Å². The number of rotatable bonds is 6. The Balaban J connectivity index is 2.16. The van der Waals surface area contributed by atoms with Crippen LogP contribution in [-0.4, -0.2) is 34.8 Å². The van der Waals surface area contributed by atoms with Gasteiger partial charge in [0.05, 0.1) is 13.2 Å². The molecule has 2 aromatic rings. The van der Waals surface area contributed by atoms with E-state index in [9.17, 15) is 5.11 Å². The minimum Gasteiger partial charge on any atom is -0.497 e. The Morgan fingerprint density at radius 3 is 2.23 bits per heavy atom. The van der Waals surface area contributed by atoms with E-state index >= 15 is 0 Å². The van der Waals surface area contributed by atoms with E-state index in [4.69, 9.17) is 4.74 Å². The maximum absolute atomic E-state index is 9.32. The highest BCUT2D eigenvalue weighted by molar-refractivity contribution is 5.38. The maximum atomic E-state index is 9.32. The topological polar surface area (TPSA) is 67.3 Å². The van der Waals surface area contributed by atoms with Crippen molar-refractivity contribution >= 4 is 5.95 Å². The molecule has 0 saturated carbocycles. The number of aromatic nitrogens is 2. The van der Waals surface area contributed by atoms with Crippen LogP contribution < -0.4 is 10.1 Å². The molecule has 0 aliphatic heterocycles. The molecule has 1 aromatic heterocycles. The predicted molar refractivity (Wildman–Crippen MR) is 87.5 cm³/mol. The summed E-state index contributed by atoms with van der Waals surface area (Å²) in [6.45, 7) is 6.14. The number of anilines is 1. The molecule has 22 heavy (non-hydrogen) atoms. The fourth-order valence-electron chi connectivity index (χ4n) is 2.26. The second-order valence-electron chi connectivity index (χ2n) is 5.45. The molecule has 0 amide bonds. The molecule has 1 heterocycles. The third-order valence-electron chi connectivity index (χ3n) is 3.52. The number of aryl methyl sites for hydroxylation is 2. The molecule has 0 spiro atoms.